The summed E-state index contributed by atoms with van der Waals surface area (Å²) in [5.41, 5.74) is 1.33. The minimum absolute atomic E-state index is 0.104. The molecule has 13 nitrogen and oxygen atoms in total. The summed E-state index contributed by atoms with van der Waals surface area (Å²) >= 11 is 0. The highest BCUT2D eigenvalue weighted by Crippen LogP contribution is 2.20. The number of carbonyl (C=O) groups excluding carboxylic acids is 3. The molecule has 3 amide bonds. The number of aromatic nitrogens is 2. The maximum absolute atomic E-state index is 13.5. The maximum atomic E-state index is 13.5. The van der Waals surface area contributed by atoms with Crippen molar-refractivity contribution in [3.8, 4) is 11.3 Å². The van der Waals surface area contributed by atoms with E-state index in [0.29, 0.717) is 24.7 Å². The van der Waals surface area contributed by atoms with Crippen LogP contribution >= 0.6 is 0 Å². The summed E-state index contributed by atoms with van der Waals surface area (Å²) in [6.45, 7) is 4.97. The lowest BCUT2D eigenvalue weighted by atomic mass is 10.1. The second-order valence-corrected chi connectivity index (χ2v) is 11.0. The zero-order valence-corrected chi connectivity index (χ0v) is 26.0. The fourth-order valence-corrected chi connectivity index (χ4v) is 4.69. The van der Waals surface area contributed by atoms with Crippen LogP contribution < -0.4 is 10.6 Å². The van der Waals surface area contributed by atoms with Crippen LogP contribution in [0, 0.1) is 0 Å². The van der Waals surface area contributed by atoms with Gasteiger partial charge in [-0.25, -0.2) is 14.8 Å². The predicted molar refractivity (Wildman–Crippen MR) is 166 cm³/mol. The van der Waals surface area contributed by atoms with Crippen LogP contribution in [0.25, 0.3) is 11.3 Å². The summed E-state index contributed by atoms with van der Waals surface area (Å²) in [7, 11) is 3.98. The molecule has 1 aliphatic rings. The van der Waals surface area contributed by atoms with Crippen LogP contribution in [-0.4, -0.2) is 120 Å². The van der Waals surface area contributed by atoms with Gasteiger partial charge in [0.25, 0.3) is 5.91 Å². The number of hydrogen-bond donors (Lipinski definition) is 3. The molecule has 1 fully saturated rings. The standard InChI is InChI=1S/C31H45N7O6/c1-4-5-9-21-44-31(43)38-19-17-37(18-20-38)30(42)24(13-14-27(39)40)34-29(41)28-33-25(23-11-7-6-8-12-23)22-26(35-28)32-15-10-16-36(2)3/h6-8,11-12,22,24H,4-5,9-10,13-21H2,1-3H3,(H,34,41)(H,39,40)(H,32,33,35)/t24-/m0/s1. The van der Waals surface area contributed by atoms with Gasteiger partial charge < -0.3 is 35.2 Å². The van der Waals surface area contributed by atoms with Gasteiger partial charge in [0.15, 0.2) is 0 Å². The molecule has 44 heavy (non-hydrogen) atoms. The van der Waals surface area contributed by atoms with Gasteiger partial charge in [-0.1, -0.05) is 50.1 Å². The Morgan fingerprint density at radius 3 is 2.36 bits per heavy atom. The van der Waals surface area contributed by atoms with Crippen molar-refractivity contribution in [3.05, 3.63) is 42.2 Å². The summed E-state index contributed by atoms with van der Waals surface area (Å²) < 4.78 is 5.33. The minimum atomic E-state index is -1.10. The Balaban J connectivity index is 1.71. The molecule has 0 unspecified atom stereocenters. The molecular formula is C31H45N7O6. The number of unbranched alkanes of at least 4 members (excludes halogenated alkanes) is 2. The van der Waals surface area contributed by atoms with E-state index in [4.69, 9.17) is 4.74 Å². The van der Waals surface area contributed by atoms with Crippen molar-refractivity contribution in [1.29, 1.82) is 0 Å². The third kappa shape index (κ3) is 11.1. The number of carboxylic acids is 1. The number of anilines is 1. The number of benzene rings is 1. The Labute approximate surface area is 259 Å². The molecule has 3 rings (SSSR count). The van der Waals surface area contributed by atoms with Gasteiger partial charge in [0.2, 0.25) is 11.7 Å². The molecule has 240 valence electrons. The normalized spacial score (nSPS) is 13.8. The quantitative estimate of drug-likeness (QED) is 0.241. The summed E-state index contributed by atoms with van der Waals surface area (Å²) in [6, 6.07) is 10.0. The Bertz CT molecular complexity index is 1240. The predicted octanol–water partition coefficient (Wildman–Crippen LogP) is 2.94. The molecule has 0 radical (unpaired) electrons. The van der Waals surface area contributed by atoms with Gasteiger partial charge in [0.1, 0.15) is 11.9 Å². The average molecular weight is 612 g/mol. The van der Waals surface area contributed by atoms with E-state index in [2.05, 4.69) is 32.4 Å². The van der Waals surface area contributed by atoms with Crippen LogP contribution in [0.2, 0.25) is 0 Å². The van der Waals surface area contributed by atoms with Crippen molar-refractivity contribution < 1.29 is 29.0 Å². The van der Waals surface area contributed by atoms with Gasteiger partial charge in [-0.2, -0.15) is 0 Å². The first-order valence-corrected chi connectivity index (χ1v) is 15.2. The van der Waals surface area contributed by atoms with E-state index in [1.54, 1.807) is 11.0 Å². The number of nitrogens with one attached hydrogen (secondary N) is 2. The maximum Gasteiger partial charge on any atom is 0.409 e. The minimum Gasteiger partial charge on any atom is -0.481 e. The summed E-state index contributed by atoms with van der Waals surface area (Å²) in [4.78, 5) is 64.8. The third-order valence-electron chi connectivity index (χ3n) is 7.16. The number of hydrogen-bond acceptors (Lipinski definition) is 9. The zero-order valence-electron chi connectivity index (χ0n) is 26.0. The van der Waals surface area contributed by atoms with E-state index in [1.807, 2.05) is 44.4 Å². The van der Waals surface area contributed by atoms with Crippen molar-refractivity contribution in [2.45, 2.75) is 51.5 Å². The number of aliphatic carboxylic acids is 1. The van der Waals surface area contributed by atoms with Crippen molar-refractivity contribution in [1.82, 2.24) is 30.0 Å². The molecule has 2 heterocycles. The SMILES string of the molecule is CCCCCOC(=O)N1CCN(C(=O)[C@H](CCC(=O)O)NC(=O)c2nc(NCCCN(C)C)cc(-c3ccccc3)n2)CC1. The summed E-state index contributed by atoms with van der Waals surface area (Å²) in [5, 5.41) is 15.3. The number of ether oxygens (including phenoxy) is 1. The van der Waals surface area contributed by atoms with Gasteiger partial charge in [-0.3, -0.25) is 14.4 Å². The highest BCUT2D eigenvalue weighted by atomic mass is 16.6. The number of nitrogens with zero attached hydrogens (tertiary/aromatic N) is 5. The molecule has 1 aromatic heterocycles. The van der Waals surface area contributed by atoms with Crippen LogP contribution in [0.5, 0.6) is 0 Å². The molecule has 0 spiro atoms. The van der Waals surface area contributed by atoms with Gasteiger partial charge in [0, 0.05) is 50.8 Å². The monoisotopic (exact) mass is 611 g/mol. The molecule has 1 aliphatic heterocycles. The van der Waals surface area contributed by atoms with Crippen molar-refractivity contribution >= 4 is 29.7 Å². The molecule has 1 aromatic carbocycles. The summed E-state index contributed by atoms with van der Waals surface area (Å²) in [6.07, 6.45) is 2.84. The van der Waals surface area contributed by atoms with Crippen LogP contribution in [0.4, 0.5) is 10.6 Å². The molecule has 1 atom stereocenters. The Kier molecular flexibility index (Phi) is 13.8. The zero-order chi connectivity index (χ0) is 31.9. The first-order valence-electron chi connectivity index (χ1n) is 15.2. The summed E-state index contributed by atoms with van der Waals surface area (Å²) in [5.74, 6) is -1.85. The second kappa shape index (κ2) is 17.8. The number of carboxylic acid groups (broad SMARTS) is 1. The lowest BCUT2D eigenvalue weighted by Gasteiger charge is -2.36. The van der Waals surface area contributed by atoms with E-state index in [9.17, 15) is 24.3 Å². The van der Waals surface area contributed by atoms with E-state index in [0.717, 1.165) is 37.8 Å². The first-order chi connectivity index (χ1) is 21.2. The molecule has 0 bridgehead atoms. The highest BCUT2D eigenvalue weighted by molar-refractivity contribution is 5.95. The van der Waals surface area contributed by atoms with E-state index in [-0.39, 0.29) is 44.8 Å². The lowest BCUT2D eigenvalue weighted by molar-refractivity contribution is -0.138. The van der Waals surface area contributed by atoms with E-state index >= 15 is 0 Å². The third-order valence-corrected chi connectivity index (χ3v) is 7.16. The topological polar surface area (TPSA) is 157 Å². The van der Waals surface area contributed by atoms with Crippen LogP contribution in [-0.2, 0) is 14.3 Å². The van der Waals surface area contributed by atoms with Crippen LogP contribution in [0.3, 0.4) is 0 Å². The van der Waals surface area contributed by atoms with E-state index < -0.39 is 29.9 Å². The Morgan fingerprint density at radius 2 is 1.70 bits per heavy atom. The van der Waals surface area contributed by atoms with E-state index in [1.165, 1.54) is 4.90 Å². The Morgan fingerprint density at radius 1 is 1.00 bits per heavy atom. The number of rotatable bonds is 16. The van der Waals surface area contributed by atoms with Crippen molar-refractivity contribution in [2.75, 3.05) is 65.3 Å². The fourth-order valence-electron chi connectivity index (χ4n) is 4.69. The van der Waals surface area contributed by atoms with Gasteiger partial charge in [-0.15, -0.1) is 0 Å². The smallest absolute Gasteiger partial charge is 0.409 e. The van der Waals surface area contributed by atoms with Crippen molar-refractivity contribution in [2.24, 2.45) is 0 Å². The Hall–Kier alpha value is -4.26. The van der Waals surface area contributed by atoms with Gasteiger partial charge in [0.05, 0.1) is 12.3 Å². The van der Waals surface area contributed by atoms with Crippen molar-refractivity contribution in [3.63, 3.8) is 0 Å². The fraction of sp³-hybridized carbons (Fsp3) is 0.548. The molecule has 0 aliphatic carbocycles. The molecular weight excluding hydrogens is 566 g/mol. The molecule has 2 aromatic rings. The lowest BCUT2D eigenvalue weighted by Crippen LogP contribution is -2.56. The number of amides is 3. The van der Waals surface area contributed by atoms with Gasteiger partial charge in [-0.05, 0) is 39.9 Å². The molecule has 13 heteroatoms. The average Bonchev–Trinajstić information content (AvgIpc) is 3.03. The molecule has 0 saturated carbocycles. The second-order valence-electron chi connectivity index (χ2n) is 11.0. The molecule has 3 N–H and O–H groups in total. The number of piperazine rings is 1. The highest BCUT2D eigenvalue weighted by Gasteiger charge is 2.31. The number of carbonyl (C=O) groups is 4. The van der Waals surface area contributed by atoms with Gasteiger partial charge >= 0.3 is 12.1 Å². The van der Waals surface area contributed by atoms with Crippen LogP contribution in [0.1, 0.15) is 56.1 Å². The largest absolute Gasteiger partial charge is 0.481 e. The van der Waals surface area contributed by atoms with Crippen LogP contribution in [0.15, 0.2) is 36.4 Å². The first kappa shape index (κ1) is 34.2. The molecule has 1 saturated heterocycles.